The van der Waals surface area contributed by atoms with Gasteiger partial charge < -0.3 is 35.6 Å². The van der Waals surface area contributed by atoms with Crippen LogP contribution in [0.1, 0.15) is 25.7 Å². The zero-order valence-corrected chi connectivity index (χ0v) is 18.4. The number of hydrogen-bond acceptors (Lipinski definition) is 7. The Morgan fingerprint density at radius 1 is 0.969 bits per heavy atom. The van der Waals surface area contributed by atoms with E-state index in [2.05, 4.69) is 37.3 Å². The van der Waals surface area contributed by atoms with Gasteiger partial charge in [-0.1, -0.05) is 6.58 Å². The Morgan fingerprint density at radius 3 is 2.28 bits per heavy atom. The summed E-state index contributed by atoms with van der Waals surface area (Å²) in [6, 6.07) is -0.823. The predicted molar refractivity (Wildman–Crippen MR) is 114 cm³/mol. The Balaban J connectivity index is 2.30. The zero-order valence-electron chi connectivity index (χ0n) is 18.4. The highest BCUT2D eigenvalue weighted by Crippen LogP contribution is 2.12. The van der Waals surface area contributed by atoms with Gasteiger partial charge in [-0.05, 0) is 25.3 Å². The average Bonchev–Trinajstić information content (AvgIpc) is 3.10. The Bertz CT molecular complexity index is 720. The molecule has 0 radical (unpaired) electrons. The first-order valence-electron chi connectivity index (χ1n) is 10.2. The number of rotatable bonds is 13. The van der Waals surface area contributed by atoms with Crippen LogP contribution < -0.4 is 21.3 Å². The minimum Gasteiger partial charge on any atom is -0.453 e. The molecule has 0 aromatic rings. The summed E-state index contributed by atoms with van der Waals surface area (Å²) in [5.41, 5.74) is 0.542. The van der Waals surface area contributed by atoms with Crippen LogP contribution in [-0.2, 0) is 23.9 Å². The van der Waals surface area contributed by atoms with E-state index in [4.69, 9.17) is 0 Å². The number of allylic oxidation sites excluding steroid dienone is 1. The van der Waals surface area contributed by atoms with Crippen LogP contribution in [0.25, 0.3) is 0 Å². The van der Waals surface area contributed by atoms with Gasteiger partial charge >= 0.3 is 12.2 Å². The molecule has 0 saturated carbocycles. The molecule has 1 unspecified atom stereocenters. The summed E-state index contributed by atoms with van der Waals surface area (Å²) in [5.74, 6) is -0.898. The minimum absolute atomic E-state index is 0.104. The van der Waals surface area contributed by atoms with E-state index >= 15 is 0 Å². The number of amides is 5. The average molecular weight is 453 g/mol. The third-order valence-electron chi connectivity index (χ3n) is 4.51. The van der Waals surface area contributed by atoms with Crippen molar-refractivity contribution in [2.75, 3.05) is 40.4 Å². The number of unbranched alkanes of at least 4 members (excludes halogenated alkanes) is 1. The smallest absolute Gasteiger partial charge is 0.407 e. The number of nitrogens with zero attached hydrogens (tertiary/aromatic N) is 1. The number of hydrogen-bond donors (Lipinski definition) is 4. The van der Waals surface area contributed by atoms with E-state index in [0.29, 0.717) is 31.5 Å². The maximum atomic E-state index is 12.4. The van der Waals surface area contributed by atoms with Crippen molar-refractivity contribution in [3.63, 3.8) is 0 Å². The summed E-state index contributed by atoms with van der Waals surface area (Å²) in [5, 5.41) is 10.3. The number of methoxy groups -OCH3 is 2. The zero-order chi connectivity index (χ0) is 23.9. The van der Waals surface area contributed by atoms with Gasteiger partial charge in [-0.15, -0.1) is 0 Å². The maximum Gasteiger partial charge on any atom is 0.407 e. The number of alkyl carbamates (subject to hydrolysis) is 2. The fourth-order valence-corrected chi connectivity index (χ4v) is 2.76. The Labute approximate surface area is 186 Å². The van der Waals surface area contributed by atoms with Crippen molar-refractivity contribution >= 4 is 29.9 Å². The molecule has 0 spiro atoms. The lowest BCUT2D eigenvalue weighted by molar-refractivity contribution is -0.125. The lowest BCUT2D eigenvalue weighted by Gasteiger charge is -2.18. The van der Waals surface area contributed by atoms with Crippen LogP contribution in [-0.4, -0.2) is 81.2 Å². The molecule has 0 aromatic heterocycles. The number of nitrogens with one attached hydrogen (secondary N) is 4. The highest BCUT2D eigenvalue weighted by molar-refractivity contribution is 5.93. The molecule has 1 aliphatic rings. The molecule has 4 N–H and O–H groups in total. The third-order valence-corrected chi connectivity index (χ3v) is 4.51. The first kappa shape index (κ1) is 26.5. The van der Waals surface area contributed by atoms with E-state index in [1.54, 1.807) is 6.08 Å². The Hall–Kier alpha value is -3.57. The summed E-state index contributed by atoms with van der Waals surface area (Å²) in [7, 11) is 2.46. The molecule has 0 aromatic carbocycles. The van der Waals surface area contributed by atoms with Crippen LogP contribution in [0.2, 0.25) is 0 Å². The van der Waals surface area contributed by atoms with Crippen LogP contribution >= 0.6 is 0 Å². The van der Waals surface area contributed by atoms with Gasteiger partial charge in [0.25, 0.3) is 5.91 Å². The molecule has 1 aliphatic heterocycles. The monoisotopic (exact) mass is 453 g/mol. The van der Waals surface area contributed by atoms with Crippen LogP contribution in [0, 0.1) is 0 Å². The van der Waals surface area contributed by atoms with Gasteiger partial charge in [-0.2, -0.15) is 0 Å². The van der Waals surface area contributed by atoms with Crippen molar-refractivity contribution in [1.29, 1.82) is 0 Å². The normalized spacial score (nSPS) is 13.4. The van der Waals surface area contributed by atoms with E-state index in [1.807, 2.05) is 0 Å². The number of carbonyl (C=O) groups excluding carboxylic acids is 5. The van der Waals surface area contributed by atoms with Crippen LogP contribution in [0.15, 0.2) is 24.4 Å². The lowest BCUT2D eigenvalue weighted by Crippen LogP contribution is -2.48. The summed E-state index contributed by atoms with van der Waals surface area (Å²) in [6.07, 6.45) is 3.28. The largest absolute Gasteiger partial charge is 0.453 e. The second-order valence-corrected chi connectivity index (χ2v) is 6.81. The van der Waals surface area contributed by atoms with Crippen LogP contribution in [0.5, 0.6) is 0 Å². The molecular formula is C20H31N5O7. The summed E-state index contributed by atoms with van der Waals surface area (Å²) in [6.45, 7) is 4.66. The van der Waals surface area contributed by atoms with Gasteiger partial charge in [0.1, 0.15) is 6.04 Å². The second kappa shape index (κ2) is 14.4. The lowest BCUT2D eigenvalue weighted by atomic mass is 10.1. The second-order valence-electron chi connectivity index (χ2n) is 6.81. The van der Waals surface area contributed by atoms with Crippen molar-refractivity contribution < 1.29 is 33.4 Å². The summed E-state index contributed by atoms with van der Waals surface area (Å²) >= 11 is 0. The van der Waals surface area contributed by atoms with Gasteiger partial charge in [0, 0.05) is 44.4 Å². The summed E-state index contributed by atoms with van der Waals surface area (Å²) in [4.78, 5) is 59.8. The SMILES string of the molecule is C=C1C=CC(=O)N1CCC(=O)NCCNC(=O)C(CCCCNC(=O)OC)NC(=O)OC. The molecule has 0 aliphatic carbocycles. The molecule has 12 heteroatoms. The molecule has 0 saturated heterocycles. The van der Waals surface area contributed by atoms with Crippen molar-refractivity contribution in [1.82, 2.24) is 26.2 Å². The number of ether oxygens (including phenoxy) is 2. The van der Waals surface area contributed by atoms with Gasteiger partial charge in [0.2, 0.25) is 11.8 Å². The van der Waals surface area contributed by atoms with Crippen molar-refractivity contribution in [3.8, 4) is 0 Å². The van der Waals surface area contributed by atoms with Crippen molar-refractivity contribution in [2.24, 2.45) is 0 Å². The molecule has 32 heavy (non-hydrogen) atoms. The first-order chi connectivity index (χ1) is 15.3. The topological polar surface area (TPSA) is 155 Å². The Kier molecular flexibility index (Phi) is 11.9. The fraction of sp³-hybridized carbons (Fsp3) is 0.550. The third kappa shape index (κ3) is 9.96. The molecule has 1 atom stereocenters. The highest BCUT2D eigenvalue weighted by Gasteiger charge is 2.21. The molecule has 12 nitrogen and oxygen atoms in total. The maximum absolute atomic E-state index is 12.4. The standard InChI is InChI=1S/C20H31N5O7/c1-14-7-8-17(27)25(14)13-9-16(26)21-11-12-22-18(28)15(24-20(30)32-3)6-4-5-10-23-19(29)31-2/h7-8,15H,1,4-6,9-13H2,2-3H3,(H,21,26)(H,22,28)(H,23,29)(H,24,30). The molecule has 1 heterocycles. The van der Waals surface area contributed by atoms with E-state index in [9.17, 15) is 24.0 Å². The Morgan fingerprint density at radius 2 is 1.66 bits per heavy atom. The highest BCUT2D eigenvalue weighted by atomic mass is 16.5. The van der Waals surface area contributed by atoms with Crippen LogP contribution in [0.4, 0.5) is 9.59 Å². The van der Waals surface area contributed by atoms with Gasteiger partial charge in [-0.3, -0.25) is 14.4 Å². The van der Waals surface area contributed by atoms with Gasteiger partial charge in [-0.25, -0.2) is 9.59 Å². The predicted octanol–water partition coefficient (Wildman–Crippen LogP) is -0.228. The van der Waals surface area contributed by atoms with E-state index in [-0.39, 0.29) is 37.9 Å². The minimum atomic E-state index is -0.823. The molecule has 178 valence electrons. The van der Waals surface area contributed by atoms with Crippen molar-refractivity contribution in [2.45, 2.75) is 31.7 Å². The van der Waals surface area contributed by atoms with E-state index < -0.39 is 24.1 Å². The molecule has 5 amide bonds. The molecule has 0 fully saturated rings. The van der Waals surface area contributed by atoms with Crippen LogP contribution in [0.3, 0.4) is 0 Å². The van der Waals surface area contributed by atoms with E-state index in [1.165, 1.54) is 25.2 Å². The molecule has 0 bridgehead atoms. The number of carbonyl (C=O) groups is 5. The van der Waals surface area contributed by atoms with E-state index in [0.717, 1.165) is 0 Å². The van der Waals surface area contributed by atoms with Crippen molar-refractivity contribution in [3.05, 3.63) is 24.4 Å². The van der Waals surface area contributed by atoms with Gasteiger partial charge in [0.15, 0.2) is 0 Å². The van der Waals surface area contributed by atoms with Gasteiger partial charge in [0.05, 0.1) is 14.2 Å². The molecular weight excluding hydrogens is 422 g/mol. The quantitative estimate of drug-likeness (QED) is 0.281. The first-order valence-corrected chi connectivity index (χ1v) is 10.2. The summed E-state index contributed by atoms with van der Waals surface area (Å²) < 4.78 is 9.01. The molecule has 1 rings (SSSR count). The fourth-order valence-electron chi connectivity index (χ4n) is 2.76.